The lowest BCUT2D eigenvalue weighted by Gasteiger charge is -2.36. The van der Waals surface area contributed by atoms with E-state index in [1.165, 1.54) is 7.11 Å². The molecule has 1 heterocycles. The molecule has 1 unspecified atom stereocenters. The Morgan fingerprint density at radius 2 is 2.33 bits per heavy atom. The number of anilines is 2. The highest BCUT2D eigenvalue weighted by Gasteiger charge is 2.25. The molecule has 2 N–H and O–H groups in total. The molecule has 98 valence electrons. The molecule has 1 aliphatic heterocycles. The van der Waals surface area contributed by atoms with Gasteiger partial charge in [-0.25, -0.2) is 4.79 Å². The van der Waals surface area contributed by atoms with Crippen molar-refractivity contribution >= 4 is 29.1 Å². The monoisotopic (exact) mass is 266 g/mol. The van der Waals surface area contributed by atoms with Crippen molar-refractivity contribution < 1.29 is 9.53 Å². The molecule has 0 spiro atoms. The minimum atomic E-state index is -0.331. The van der Waals surface area contributed by atoms with Gasteiger partial charge < -0.3 is 15.4 Å². The van der Waals surface area contributed by atoms with Crippen molar-refractivity contribution in [3.05, 3.63) is 23.8 Å². The molecule has 0 aliphatic carbocycles. The summed E-state index contributed by atoms with van der Waals surface area (Å²) in [5.74, 6) is 1.77. The molecule has 0 bridgehead atoms. The number of carbonyl (C=O) groups excluding carboxylic acids is 1. The number of nitrogen functional groups attached to an aromatic ring is 1. The van der Waals surface area contributed by atoms with Crippen LogP contribution in [0.2, 0.25) is 0 Å². The fourth-order valence-electron chi connectivity index (χ4n) is 2.22. The quantitative estimate of drug-likeness (QED) is 0.655. The lowest BCUT2D eigenvalue weighted by molar-refractivity contribution is 0.0601. The lowest BCUT2D eigenvalue weighted by Crippen LogP contribution is -2.41. The minimum absolute atomic E-state index is 0.331. The summed E-state index contributed by atoms with van der Waals surface area (Å²) in [5, 5.41) is 0. The van der Waals surface area contributed by atoms with E-state index in [0.29, 0.717) is 17.3 Å². The third-order valence-electron chi connectivity index (χ3n) is 3.13. The third kappa shape index (κ3) is 2.41. The van der Waals surface area contributed by atoms with E-state index in [9.17, 15) is 4.79 Å². The number of ether oxygens (including phenoxy) is 1. The van der Waals surface area contributed by atoms with Crippen LogP contribution in [0.4, 0.5) is 11.4 Å². The maximum atomic E-state index is 11.8. The molecule has 1 aromatic rings. The van der Waals surface area contributed by atoms with Crippen LogP contribution in [-0.4, -0.2) is 37.2 Å². The highest BCUT2D eigenvalue weighted by atomic mass is 32.2. The first-order valence-corrected chi connectivity index (χ1v) is 7.11. The fraction of sp³-hybridized carbons (Fsp3) is 0.462. The lowest BCUT2D eigenvalue weighted by atomic mass is 10.1. The van der Waals surface area contributed by atoms with Crippen molar-refractivity contribution in [3.63, 3.8) is 0 Å². The number of esters is 1. The van der Waals surface area contributed by atoms with Gasteiger partial charge in [-0.05, 0) is 19.1 Å². The molecule has 1 fully saturated rings. The fourth-order valence-corrected chi connectivity index (χ4v) is 3.23. The van der Waals surface area contributed by atoms with Gasteiger partial charge in [-0.2, -0.15) is 11.8 Å². The van der Waals surface area contributed by atoms with Gasteiger partial charge in [0, 0.05) is 24.1 Å². The van der Waals surface area contributed by atoms with Gasteiger partial charge >= 0.3 is 5.97 Å². The van der Waals surface area contributed by atoms with Crippen LogP contribution in [0.3, 0.4) is 0 Å². The number of rotatable bonds is 2. The van der Waals surface area contributed by atoms with Gasteiger partial charge in [0.25, 0.3) is 0 Å². The van der Waals surface area contributed by atoms with Crippen molar-refractivity contribution in [2.24, 2.45) is 0 Å². The smallest absolute Gasteiger partial charge is 0.340 e. The number of hydrogen-bond acceptors (Lipinski definition) is 5. The summed E-state index contributed by atoms with van der Waals surface area (Å²) < 4.78 is 4.83. The van der Waals surface area contributed by atoms with Crippen molar-refractivity contribution in [2.75, 3.05) is 35.8 Å². The number of nitrogens with zero attached hydrogens (tertiary/aromatic N) is 1. The Balaban J connectivity index is 2.44. The topological polar surface area (TPSA) is 55.6 Å². The summed E-state index contributed by atoms with van der Waals surface area (Å²) in [6.45, 7) is 3.06. The highest BCUT2D eigenvalue weighted by molar-refractivity contribution is 7.99. The van der Waals surface area contributed by atoms with E-state index in [1.54, 1.807) is 12.1 Å². The maximum absolute atomic E-state index is 11.8. The van der Waals surface area contributed by atoms with Crippen LogP contribution in [0.1, 0.15) is 17.3 Å². The van der Waals surface area contributed by atoms with E-state index in [2.05, 4.69) is 11.8 Å². The van der Waals surface area contributed by atoms with Gasteiger partial charge in [0.1, 0.15) is 0 Å². The summed E-state index contributed by atoms with van der Waals surface area (Å²) in [6, 6.07) is 5.76. The SMILES string of the molecule is COC(=O)c1cccc(N)c1N1CCSCC1C. The Labute approximate surface area is 111 Å². The predicted molar refractivity (Wildman–Crippen MR) is 76.3 cm³/mol. The first-order chi connectivity index (χ1) is 8.65. The van der Waals surface area contributed by atoms with E-state index in [4.69, 9.17) is 10.5 Å². The van der Waals surface area contributed by atoms with Crippen molar-refractivity contribution in [1.82, 2.24) is 0 Å². The normalized spacial score (nSPS) is 19.7. The first kappa shape index (κ1) is 13.1. The molecule has 1 aliphatic rings. The summed E-state index contributed by atoms with van der Waals surface area (Å²) in [7, 11) is 1.39. The maximum Gasteiger partial charge on any atom is 0.340 e. The molecular formula is C13H18N2O2S. The molecule has 1 aromatic carbocycles. The predicted octanol–water partition coefficient (Wildman–Crippen LogP) is 2.00. The van der Waals surface area contributed by atoms with Crippen LogP contribution in [0, 0.1) is 0 Å². The first-order valence-electron chi connectivity index (χ1n) is 5.96. The second kappa shape index (κ2) is 5.52. The summed E-state index contributed by atoms with van der Waals surface area (Å²) in [4.78, 5) is 14.0. The molecule has 0 saturated carbocycles. The van der Waals surface area contributed by atoms with Crippen LogP contribution in [0.15, 0.2) is 18.2 Å². The van der Waals surface area contributed by atoms with E-state index >= 15 is 0 Å². The van der Waals surface area contributed by atoms with Gasteiger partial charge in [-0.1, -0.05) is 6.07 Å². The third-order valence-corrected chi connectivity index (χ3v) is 4.32. The van der Waals surface area contributed by atoms with Crippen LogP contribution >= 0.6 is 11.8 Å². The Morgan fingerprint density at radius 3 is 3.00 bits per heavy atom. The number of nitrogens with two attached hydrogens (primary N) is 1. The van der Waals surface area contributed by atoms with Crippen LogP contribution < -0.4 is 10.6 Å². The molecule has 2 rings (SSSR count). The minimum Gasteiger partial charge on any atom is -0.465 e. The van der Waals surface area contributed by atoms with Gasteiger partial charge in [-0.3, -0.25) is 0 Å². The van der Waals surface area contributed by atoms with E-state index < -0.39 is 0 Å². The number of carbonyl (C=O) groups is 1. The van der Waals surface area contributed by atoms with Gasteiger partial charge in [-0.15, -0.1) is 0 Å². The van der Waals surface area contributed by atoms with Crippen LogP contribution in [0.5, 0.6) is 0 Å². The average molecular weight is 266 g/mol. The molecule has 1 atom stereocenters. The standard InChI is InChI=1S/C13H18N2O2S/c1-9-8-18-7-6-15(9)12-10(13(16)17-2)4-3-5-11(12)14/h3-5,9H,6-8,14H2,1-2H3. The van der Waals surface area contributed by atoms with Crippen LogP contribution in [-0.2, 0) is 4.74 Å². The zero-order valence-electron chi connectivity index (χ0n) is 10.7. The Morgan fingerprint density at radius 1 is 1.56 bits per heavy atom. The molecule has 18 heavy (non-hydrogen) atoms. The van der Waals surface area contributed by atoms with E-state index in [0.717, 1.165) is 23.7 Å². The number of thioether (sulfide) groups is 1. The molecule has 0 amide bonds. The van der Waals surface area contributed by atoms with Crippen LogP contribution in [0.25, 0.3) is 0 Å². The van der Waals surface area contributed by atoms with Gasteiger partial charge in [0.15, 0.2) is 0 Å². The summed E-state index contributed by atoms with van der Waals surface area (Å²) in [6.07, 6.45) is 0. The molecule has 4 nitrogen and oxygen atoms in total. The number of hydrogen-bond donors (Lipinski definition) is 1. The Bertz CT molecular complexity index is 451. The van der Waals surface area contributed by atoms with E-state index in [-0.39, 0.29) is 5.97 Å². The van der Waals surface area contributed by atoms with Crippen molar-refractivity contribution in [3.8, 4) is 0 Å². The van der Waals surface area contributed by atoms with Crippen molar-refractivity contribution in [2.45, 2.75) is 13.0 Å². The molecular weight excluding hydrogens is 248 g/mol. The number of methoxy groups -OCH3 is 1. The zero-order chi connectivity index (χ0) is 13.1. The second-order valence-electron chi connectivity index (χ2n) is 4.35. The Hall–Kier alpha value is -1.36. The number of para-hydroxylation sites is 1. The second-order valence-corrected chi connectivity index (χ2v) is 5.50. The Kier molecular flexibility index (Phi) is 4.01. The van der Waals surface area contributed by atoms with Crippen molar-refractivity contribution in [1.29, 1.82) is 0 Å². The summed E-state index contributed by atoms with van der Waals surface area (Å²) >= 11 is 1.93. The molecule has 0 aromatic heterocycles. The molecule has 5 heteroatoms. The highest BCUT2D eigenvalue weighted by Crippen LogP contribution is 2.32. The zero-order valence-corrected chi connectivity index (χ0v) is 11.5. The largest absolute Gasteiger partial charge is 0.465 e. The molecule has 1 saturated heterocycles. The van der Waals surface area contributed by atoms with Gasteiger partial charge in [0.2, 0.25) is 0 Å². The average Bonchev–Trinajstić information content (AvgIpc) is 2.39. The van der Waals surface area contributed by atoms with E-state index in [1.807, 2.05) is 17.8 Å². The van der Waals surface area contributed by atoms with Gasteiger partial charge in [0.05, 0.1) is 24.0 Å². The summed E-state index contributed by atoms with van der Waals surface area (Å²) in [5.41, 5.74) is 8.06. The number of benzene rings is 1. The molecule has 0 radical (unpaired) electrons.